The lowest BCUT2D eigenvalue weighted by molar-refractivity contribution is 0.229. The van der Waals surface area contributed by atoms with Crippen molar-refractivity contribution in [2.75, 3.05) is 49.6 Å². The molecule has 1 aliphatic carbocycles. The number of pyridine rings is 2. The molecule has 0 bridgehead atoms. The van der Waals surface area contributed by atoms with Gasteiger partial charge in [0.15, 0.2) is 0 Å². The first-order valence-corrected chi connectivity index (χ1v) is 14.1. The molecule has 0 aromatic carbocycles. The second-order valence-electron chi connectivity index (χ2n) is 11.1. The molecular weight excluding hydrogens is 494 g/mol. The summed E-state index contributed by atoms with van der Waals surface area (Å²) in [5.74, 6) is 0.847. The molecule has 11 nitrogen and oxygen atoms in total. The number of hydrogen-bond acceptors (Lipinski definition) is 7. The van der Waals surface area contributed by atoms with E-state index in [2.05, 4.69) is 25.5 Å². The number of rotatable bonds is 8. The van der Waals surface area contributed by atoms with Crippen LogP contribution in [0.5, 0.6) is 0 Å². The van der Waals surface area contributed by atoms with Crippen LogP contribution in [0.2, 0.25) is 0 Å². The topological polar surface area (TPSA) is 104 Å². The second kappa shape index (κ2) is 10.8. The predicted octanol–water partition coefficient (Wildman–Crippen LogP) is 2.80. The van der Waals surface area contributed by atoms with E-state index in [9.17, 15) is 9.59 Å². The van der Waals surface area contributed by atoms with E-state index in [4.69, 9.17) is 0 Å². The average Bonchev–Trinajstić information content (AvgIpc) is 3.55. The largest absolute Gasteiger partial charge is 0.370 e. The van der Waals surface area contributed by atoms with Crippen molar-refractivity contribution in [3.63, 3.8) is 0 Å². The molecule has 0 radical (unpaired) electrons. The number of carbonyl (C=O) groups excluding carboxylic acids is 1. The molecule has 0 spiro atoms. The van der Waals surface area contributed by atoms with E-state index in [-0.39, 0.29) is 17.8 Å². The van der Waals surface area contributed by atoms with Crippen molar-refractivity contribution in [1.29, 1.82) is 0 Å². The summed E-state index contributed by atoms with van der Waals surface area (Å²) >= 11 is 0. The summed E-state index contributed by atoms with van der Waals surface area (Å²) in [6.45, 7) is 6.25. The van der Waals surface area contributed by atoms with Gasteiger partial charge in [-0.25, -0.2) is 9.48 Å². The minimum absolute atomic E-state index is 0.0425. The lowest BCUT2D eigenvalue weighted by atomic mass is 9.85. The Labute approximate surface area is 228 Å². The van der Waals surface area contributed by atoms with Crippen LogP contribution >= 0.6 is 0 Å². The van der Waals surface area contributed by atoms with Gasteiger partial charge in [-0.3, -0.25) is 19.2 Å². The van der Waals surface area contributed by atoms with Gasteiger partial charge in [-0.05, 0) is 57.2 Å². The number of likely N-dealkylation sites (N-methyl/N-ethyl adjacent to an activating group) is 1. The van der Waals surface area contributed by atoms with Gasteiger partial charge in [0, 0.05) is 69.0 Å². The zero-order valence-corrected chi connectivity index (χ0v) is 22.7. The van der Waals surface area contributed by atoms with Crippen LogP contribution in [0, 0.1) is 5.92 Å². The van der Waals surface area contributed by atoms with Crippen LogP contribution < -0.4 is 20.7 Å². The van der Waals surface area contributed by atoms with Gasteiger partial charge in [-0.2, -0.15) is 0 Å². The molecule has 39 heavy (non-hydrogen) atoms. The van der Waals surface area contributed by atoms with Gasteiger partial charge < -0.3 is 15.1 Å². The Balaban J connectivity index is 1.14. The number of nitrogens with zero attached hydrogens (tertiary/aromatic N) is 8. The van der Waals surface area contributed by atoms with E-state index >= 15 is 0 Å². The third kappa shape index (κ3) is 5.27. The lowest BCUT2D eigenvalue weighted by Crippen LogP contribution is -2.47. The van der Waals surface area contributed by atoms with Crippen LogP contribution in [-0.4, -0.2) is 81.3 Å². The highest BCUT2D eigenvalue weighted by atomic mass is 16.2. The molecule has 206 valence electrons. The van der Waals surface area contributed by atoms with E-state index in [1.807, 2.05) is 31.5 Å². The molecule has 1 saturated carbocycles. The number of nitrogens with one attached hydrogen (secondary N) is 1. The van der Waals surface area contributed by atoms with Crippen LogP contribution in [0.1, 0.15) is 45.2 Å². The van der Waals surface area contributed by atoms with Crippen LogP contribution in [0.4, 0.5) is 16.2 Å². The smallest absolute Gasteiger partial charge is 0.324 e. The van der Waals surface area contributed by atoms with Crippen molar-refractivity contribution in [1.82, 2.24) is 34.8 Å². The summed E-state index contributed by atoms with van der Waals surface area (Å²) in [7, 11) is 1.79. The van der Waals surface area contributed by atoms with Crippen molar-refractivity contribution >= 4 is 17.4 Å². The molecule has 5 heterocycles. The lowest BCUT2D eigenvalue weighted by Gasteiger charge is -2.36. The summed E-state index contributed by atoms with van der Waals surface area (Å²) in [6.07, 6.45) is 13.1. The summed E-state index contributed by atoms with van der Waals surface area (Å²) in [4.78, 5) is 35.6. The summed E-state index contributed by atoms with van der Waals surface area (Å²) in [5.41, 5.74) is 3.04. The Morgan fingerprint density at radius 3 is 2.67 bits per heavy atom. The molecule has 2 atom stereocenters. The normalized spacial score (nSPS) is 20.9. The Bertz CT molecular complexity index is 1380. The molecule has 3 aromatic heterocycles. The monoisotopic (exact) mass is 531 g/mol. The fraction of sp³-hybridized carbons (Fsp3) is 0.536. The van der Waals surface area contributed by atoms with E-state index in [1.54, 1.807) is 44.6 Å². The van der Waals surface area contributed by atoms with Crippen LogP contribution in [0.3, 0.4) is 0 Å². The van der Waals surface area contributed by atoms with Crippen LogP contribution in [0.15, 0.2) is 47.8 Å². The van der Waals surface area contributed by atoms with Gasteiger partial charge >= 0.3 is 6.03 Å². The Hall–Kier alpha value is -3.73. The van der Waals surface area contributed by atoms with E-state index in [0.29, 0.717) is 24.8 Å². The van der Waals surface area contributed by atoms with Crippen molar-refractivity contribution < 1.29 is 4.79 Å². The number of anilines is 2. The standard InChI is InChI=1S/C28H37N9O2/c1-20(37-19-26(31-32-37)22-13-25(17-29-16-22)36-12-11-33(2)28(36)39)35-10-8-24(14-27(35)38)34-9-4-7-23(18-34)30-15-21-5-3-6-21/h8,10,13-14,16-17,19-21,23,30H,3-7,9,11-12,15,18H2,1-2H3/t20?,23-/m1/s1. The predicted molar refractivity (Wildman–Crippen MR) is 150 cm³/mol. The molecule has 11 heteroatoms. The number of piperidine rings is 1. The van der Waals surface area contributed by atoms with Crippen molar-refractivity contribution in [2.45, 2.75) is 51.2 Å². The fourth-order valence-electron chi connectivity index (χ4n) is 5.71. The van der Waals surface area contributed by atoms with Gasteiger partial charge in [0.2, 0.25) is 0 Å². The average molecular weight is 532 g/mol. The molecule has 2 saturated heterocycles. The highest BCUT2D eigenvalue weighted by Gasteiger charge is 2.27. The first kappa shape index (κ1) is 25.5. The zero-order valence-electron chi connectivity index (χ0n) is 22.7. The first-order chi connectivity index (χ1) is 19.0. The molecule has 3 aromatic rings. The van der Waals surface area contributed by atoms with Crippen molar-refractivity contribution in [3.05, 3.63) is 53.3 Å². The third-order valence-corrected chi connectivity index (χ3v) is 8.48. The van der Waals surface area contributed by atoms with E-state index in [0.717, 1.165) is 48.9 Å². The van der Waals surface area contributed by atoms with Crippen LogP contribution in [-0.2, 0) is 0 Å². The third-order valence-electron chi connectivity index (χ3n) is 8.48. The molecule has 2 amide bonds. The fourth-order valence-corrected chi connectivity index (χ4v) is 5.71. The molecule has 6 rings (SSSR count). The number of hydrogen-bond donors (Lipinski definition) is 1. The number of carbonyl (C=O) groups is 1. The Kier molecular flexibility index (Phi) is 7.07. The second-order valence-corrected chi connectivity index (χ2v) is 11.1. The van der Waals surface area contributed by atoms with Gasteiger partial charge in [-0.15, -0.1) is 5.10 Å². The molecule has 3 aliphatic rings. The molecular formula is C28H37N9O2. The van der Waals surface area contributed by atoms with E-state index in [1.165, 1.54) is 25.7 Å². The molecule has 1 N–H and O–H groups in total. The summed E-state index contributed by atoms with van der Waals surface area (Å²) < 4.78 is 3.35. The maximum absolute atomic E-state index is 13.2. The summed E-state index contributed by atoms with van der Waals surface area (Å²) in [6, 6.07) is 6.10. The van der Waals surface area contributed by atoms with Gasteiger partial charge in [0.1, 0.15) is 11.9 Å². The molecule has 3 fully saturated rings. The highest BCUT2D eigenvalue weighted by molar-refractivity contribution is 5.94. The number of amides is 2. The maximum atomic E-state index is 13.2. The Morgan fingerprint density at radius 1 is 1.05 bits per heavy atom. The van der Waals surface area contributed by atoms with Gasteiger partial charge in [-0.1, -0.05) is 11.6 Å². The Morgan fingerprint density at radius 2 is 1.92 bits per heavy atom. The van der Waals surface area contributed by atoms with E-state index < -0.39 is 0 Å². The zero-order chi connectivity index (χ0) is 26.9. The van der Waals surface area contributed by atoms with Gasteiger partial charge in [0.25, 0.3) is 5.56 Å². The maximum Gasteiger partial charge on any atom is 0.324 e. The number of aromatic nitrogens is 5. The molecule has 1 unspecified atom stereocenters. The number of urea groups is 1. The van der Waals surface area contributed by atoms with Gasteiger partial charge in [0.05, 0.1) is 18.1 Å². The van der Waals surface area contributed by atoms with Crippen molar-refractivity contribution in [2.24, 2.45) is 5.92 Å². The minimum Gasteiger partial charge on any atom is -0.370 e. The SMILES string of the molecule is CC(n1cc(-c2cncc(N3CCN(C)C3=O)c2)nn1)n1ccc(N2CCC[C@@H](NCC3CCC3)C2)cc1=O. The summed E-state index contributed by atoms with van der Waals surface area (Å²) in [5, 5.41) is 12.4. The highest BCUT2D eigenvalue weighted by Crippen LogP contribution is 2.27. The van der Waals surface area contributed by atoms with Crippen molar-refractivity contribution in [3.8, 4) is 11.3 Å². The first-order valence-electron chi connectivity index (χ1n) is 14.1. The molecule has 2 aliphatic heterocycles. The quantitative estimate of drug-likeness (QED) is 0.477. The van der Waals surface area contributed by atoms with Crippen LogP contribution in [0.25, 0.3) is 11.3 Å². The minimum atomic E-state index is -0.351.